The number of benzene rings is 3. The van der Waals surface area contributed by atoms with Crippen molar-refractivity contribution in [2.45, 2.75) is 13.3 Å². The van der Waals surface area contributed by atoms with Gasteiger partial charge in [0.25, 0.3) is 5.56 Å². The van der Waals surface area contributed by atoms with Gasteiger partial charge < -0.3 is 9.47 Å². The standard InChI is InChI=1S/C24H19NO3/c1-2-18-13-17-7-6-10-20(16-11-12-21-22(14-16)28-15-27-21)23(17)24(26)25(18)19-8-4-3-5-9-19/h3-14H,2,15H2,1H3. The Morgan fingerprint density at radius 3 is 2.54 bits per heavy atom. The number of rotatable bonds is 3. The Kier molecular flexibility index (Phi) is 3.90. The van der Waals surface area contributed by atoms with Gasteiger partial charge in [-0.15, -0.1) is 0 Å². The van der Waals surface area contributed by atoms with Crippen LogP contribution in [0.3, 0.4) is 0 Å². The van der Waals surface area contributed by atoms with Gasteiger partial charge >= 0.3 is 0 Å². The number of ether oxygens (including phenoxy) is 2. The van der Waals surface area contributed by atoms with Gasteiger partial charge in [0.2, 0.25) is 6.79 Å². The molecule has 0 bridgehead atoms. The molecule has 0 amide bonds. The fraction of sp³-hybridized carbons (Fsp3) is 0.125. The van der Waals surface area contributed by atoms with Crippen molar-refractivity contribution >= 4 is 10.8 Å². The smallest absolute Gasteiger partial charge is 0.263 e. The van der Waals surface area contributed by atoms with Crippen molar-refractivity contribution in [1.82, 2.24) is 4.57 Å². The third-order valence-corrected chi connectivity index (χ3v) is 5.18. The van der Waals surface area contributed by atoms with Crippen molar-refractivity contribution in [2.24, 2.45) is 0 Å². The highest BCUT2D eigenvalue weighted by atomic mass is 16.7. The number of aromatic nitrogens is 1. The maximum atomic E-state index is 13.6. The summed E-state index contributed by atoms with van der Waals surface area (Å²) in [5, 5.41) is 1.66. The second kappa shape index (κ2) is 6.57. The molecule has 1 aromatic heterocycles. The van der Waals surface area contributed by atoms with Crippen molar-refractivity contribution in [1.29, 1.82) is 0 Å². The monoisotopic (exact) mass is 369 g/mol. The number of fused-ring (bicyclic) bond motifs is 2. The molecule has 0 spiro atoms. The zero-order chi connectivity index (χ0) is 19.1. The van der Waals surface area contributed by atoms with Crippen LogP contribution in [0.1, 0.15) is 12.6 Å². The van der Waals surface area contributed by atoms with Crippen LogP contribution in [-0.4, -0.2) is 11.4 Å². The van der Waals surface area contributed by atoms with E-state index in [1.807, 2.05) is 71.3 Å². The summed E-state index contributed by atoms with van der Waals surface area (Å²) in [6, 6.07) is 23.7. The predicted octanol–water partition coefficient (Wildman–Crippen LogP) is 4.95. The van der Waals surface area contributed by atoms with Crippen molar-refractivity contribution in [3.8, 4) is 28.3 Å². The Bertz CT molecular complexity index is 1240. The molecule has 5 rings (SSSR count). The minimum Gasteiger partial charge on any atom is -0.454 e. The fourth-order valence-corrected chi connectivity index (χ4v) is 3.84. The summed E-state index contributed by atoms with van der Waals surface area (Å²) >= 11 is 0. The second-order valence-electron chi connectivity index (χ2n) is 6.80. The number of hydrogen-bond acceptors (Lipinski definition) is 3. The number of nitrogens with zero attached hydrogens (tertiary/aromatic N) is 1. The van der Waals surface area contributed by atoms with Gasteiger partial charge in [-0.2, -0.15) is 0 Å². The van der Waals surface area contributed by atoms with E-state index >= 15 is 0 Å². The highest BCUT2D eigenvalue weighted by Crippen LogP contribution is 2.37. The van der Waals surface area contributed by atoms with E-state index in [2.05, 4.69) is 13.0 Å². The molecule has 4 heteroatoms. The largest absolute Gasteiger partial charge is 0.454 e. The summed E-state index contributed by atoms with van der Waals surface area (Å²) < 4.78 is 12.8. The molecule has 4 aromatic rings. The quantitative estimate of drug-likeness (QED) is 0.513. The molecule has 0 unspecified atom stereocenters. The Labute approximate surface area is 162 Å². The molecule has 0 fully saturated rings. The lowest BCUT2D eigenvalue weighted by molar-refractivity contribution is 0.174. The molecule has 0 saturated heterocycles. The fourth-order valence-electron chi connectivity index (χ4n) is 3.84. The van der Waals surface area contributed by atoms with E-state index in [0.29, 0.717) is 11.1 Å². The molecule has 138 valence electrons. The topological polar surface area (TPSA) is 40.5 Å². The van der Waals surface area contributed by atoms with Crippen molar-refractivity contribution in [3.63, 3.8) is 0 Å². The van der Waals surface area contributed by atoms with E-state index in [9.17, 15) is 4.79 Å². The first-order valence-corrected chi connectivity index (χ1v) is 9.39. The van der Waals surface area contributed by atoms with Crippen molar-refractivity contribution in [2.75, 3.05) is 6.79 Å². The molecule has 4 nitrogen and oxygen atoms in total. The van der Waals surface area contributed by atoms with E-state index in [1.165, 1.54) is 0 Å². The normalized spacial score (nSPS) is 12.5. The van der Waals surface area contributed by atoms with Gasteiger partial charge in [0.1, 0.15) is 0 Å². The Balaban J connectivity index is 1.82. The summed E-state index contributed by atoms with van der Waals surface area (Å²) in [5.41, 5.74) is 3.70. The van der Waals surface area contributed by atoms with Crippen LogP contribution in [0.4, 0.5) is 0 Å². The van der Waals surface area contributed by atoms with E-state index < -0.39 is 0 Å². The van der Waals surface area contributed by atoms with E-state index in [1.54, 1.807) is 0 Å². The third kappa shape index (κ3) is 2.57. The van der Waals surface area contributed by atoms with Gasteiger partial charge in [0, 0.05) is 11.4 Å². The molecule has 28 heavy (non-hydrogen) atoms. The Morgan fingerprint density at radius 2 is 1.71 bits per heavy atom. The summed E-state index contributed by atoms with van der Waals surface area (Å²) in [5.74, 6) is 1.45. The van der Waals surface area contributed by atoms with Crippen molar-refractivity contribution < 1.29 is 9.47 Å². The summed E-state index contributed by atoms with van der Waals surface area (Å²) in [7, 11) is 0. The molecule has 1 aliphatic heterocycles. The van der Waals surface area contributed by atoms with Crippen LogP contribution in [-0.2, 0) is 6.42 Å². The highest BCUT2D eigenvalue weighted by Gasteiger charge is 2.17. The Hall–Kier alpha value is -3.53. The van der Waals surface area contributed by atoms with Crippen LogP contribution in [0.15, 0.2) is 77.6 Å². The van der Waals surface area contributed by atoms with Gasteiger partial charge in [0.05, 0.1) is 5.39 Å². The van der Waals surface area contributed by atoms with Gasteiger partial charge in [-0.25, -0.2) is 0 Å². The van der Waals surface area contributed by atoms with E-state index in [-0.39, 0.29) is 12.4 Å². The minimum absolute atomic E-state index is 0.00573. The first-order valence-electron chi connectivity index (χ1n) is 9.39. The lowest BCUT2D eigenvalue weighted by atomic mass is 9.98. The molecular weight excluding hydrogens is 350 g/mol. The van der Waals surface area contributed by atoms with Crippen LogP contribution < -0.4 is 15.0 Å². The van der Waals surface area contributed by atoms with Gasteiger partial charge in [-0.05, 0) is 53.3 Å². The highest BCUT2D eigenvalue weighted by molar-refractivity contribution is 5.96. The lowest BCUT2D eigenvalue weighted by Crippen LogP contribution is -2.22. The minimum atomic E-state index is -0.00573. The molecule has 0 aliphatic carbocycles. The van der Waals surface area contributed by atoms with Gasteiger partial charge in [-0.1, -0.05) is 49.4 Å². The maximum Gasteiger partial charge on any atom is 0.263 e. The number of para-hydroxylation sites is 1. The third-order valence-electron chi connectivity index (χ3n) is 5.18. The lowest BCUT2D eigenvalue weighted by Gasteiger charge is -2.15. The molecular formula is C24H19NO3. The average molecular weight is 369 g/mol. The Morgan fingerprint density at radius 1 is 0.893 bits per heavy atom. The van der Waals surface area contributed by atoms with Crippen LogP contribution in [0.25, 0.3) is 27.6 Å². The molecule has 0 saturated carbocycles. The molecule has 0 N–H and O–H groups in total. The average Bonchev–Trinajstić information content (AvgIpc) is 3.21. The van der Waals surface area contributed by atoms with Crippen LogP contribution in [0.5, 0.6) is 11.5 Å². The maximum absolute atomic E-state index is 13.6. The van der Waals surface area contributed by atoms with E-state index in [0.717, 1.165) is 40.1 Å². The van der Waals surface area contributed by atoms with Crippen LogP contribution in [0, 0.1) is 0 Å². The van der Waals surface area contributed by atoms with Gasteiger partial charge in [-0.3, -0.25) is 9.36 Å². The molecule has 2 heterocycles. The van der Waals surface area contributed by atoms with Crippen LogP contribution in [0.2, 0.25) is 0 Å². The van der Waals surface area contributed by atoms with Crippen molar-refractivity contribution in [3.05, 3.63) is 88.8 Å². The second-order valence-corrected chi connectivity index (χ2v) is 6.80. The molecule has 0 radical (unpaired) electrons. The summed E-state index contributed by atoms with van der Waals surface area (Å²) in [6.07, 6.45) is 0.772. The summed E-state index contributed by atoms with van der Waals surface area (Å²) in [6.45, 7) is 2.30. The molecule has 3 aromatic carbocycles. The number of hydrogen-bond donors (Lipinski definition) is 0. The zero-order valence-electron chi connectivity index (χ0n) is 15.5. The first kappa shape index (κ1) is 16.6. The molecule has 1 aliphatic rings. The van der Waals surface area contributed by atoms with Crippen LogP contribution >= 0.6 is 0 Å². The zero-order valence-corrected chi connectivity index (χ0v) is 15.5. The van der Waals surface area contributed by atoms with Gasteiger partial charge in [0.15, 0.2) is 11.5 Å². The number of aryl methyl sites for hydroxylation is 1. The summed E-state index contributed by atoms with van der Waals surface area (Å²) in [4.78, 5) is 13.6. The first-order chi connectivity index (χ1) is 13.8. The SMILES string of the molecule is CCc1cc2cccc(-c3ccc4c(c3)OCO4)c2c(=O)n1-c1ccccc1. The predicted molar refractivity (Wildman–Crippen MR) is 110 cm³/mol. The van der Waals surface area contributed by atoms with E-state index in [4.69, 9.17) is 9.47 Å². The number of pyridine rings is 1. The molecule has 0 atom stereocenters.